The number of carbonyl (C=O) groups is 1. The average molecular weight is 151 g/mol. The first-order valence-electron chi connectivity index (χ1n) is 2.66. The Hall–Kier alpha value is -0.120. The van der Waals surface area contributed by atoms with E-state index >= 15 is 0 Å². The van der Waals surface area contributed by atoms with Gasteiger partial charge in [-0.3, -0.25) is 4.79 Å². The van der Waals surface area contributed by atoms with Crippen molar-refractivity contribution in [1.82, 2.24) is 0 Å². The molecule has 4 heteroatoms. The monoisotopic (exact) mass is 150 g/mol. The smallest absolute Gasteiger partial charge is 0.232 e. The fourth-order valence-corrected chi connectivity index (χ4v) is 0.977. The lowest BCUT2D eigenvalue weighted by atomic mass is 10.1. The van der Waals surface area contributed by atoms with Crippen LogP contribution in [-0.4, -0.2) is 21.7 Å². The molecule has 52 valence electrons. The molecule has 1 aliphatic rings. The standard InChI is InChI=1S/C5H7ClO3/c6-3(7)5(1-2-5)4(8)9/h4,8-9H,1-2H2. The molecule has 9 heavy (non-hydrogen) atoms. The van der Waals surface area contributed by atoms with E-state index in [0.29, 0.717) is 12.8 Å². The number of aliphatic hydroxyl groups excluding tert-OH is 1. The van der Waals surface area contributed by atoms with Crippen LogP contribution in [0.2, 0.25) is 0 Å². The number of aliphatic hydroxyl groups is 2. The quantitative estimate of drug-likeness (QED) is 0.425. The van der Waals surface area contributed by atoms with Crippen LogP contribution in [0.1, 0.15) is 12.8 Å². The molecule has 0 bridgehead atoms. The molecule has 0 aromatic carbocycles. The lowest BCUT2D eigenvalue weighted by molar-refractivity contribution is -0.136. The summed E-state index contributed by atoms with van der Waals surface area (Å²) in [4.78, 5) is 10.4. The van der Waals surface area contributed by atoms with Crippen LogP contribution in [0, 0.1) is 5.41 Å². The Morgan fingerprint density at radius 3 is 2.00 bits per heavy atom. The molecular weight excluding hydrogens is 144 g/mol. The van der Waals surface area contributed by atoms with Gasteiger partial charge in [-0.05, 0) is 24.4 Å². The molecule has 0 unspecified atom stereocenters. The first-order chi connectivity index (χ1) is 4.09. The molecule has 0 saturated heterocycles. The molecule has 1 rings (SSSR count). The van der Waals surface area contributed by atoms with E-state index in [2.05, 4.69) is 0 Å². The van der Waals surface area contributed by atoms with E-state index in [4.69, 9.17) is 21.8 Å². The van der Waals surface area contributed by atoms with Gasteiger partial charge < -0.3 is 10.2 Å². The van der Waals surface area contributed by atoms with Crippen LogP contribution < -0.4 is 0 Å². The van der Waals surface area contributed by atoms with Crippen LogP contribution >= 0.6 is 11.6 Å². The molecule has 0 heterocycles. The summed E-state index contributed by atoms with van der Waals surface area (Å²) in [5.41, 5.74) is -1.01. The molecule has 0 aromatic heterocycles. The van der Waals surface area contributed by atoms with Crippen molar-refractivity contribution < 1.29 is 15.0 Å². The van der Waals surface area contributed by atoms with Crippen LogP contribution in [0.15, 0.2) is 0 Å². The molecule has 0 atom stereocenters. The highest BCUT2D eigenvalue weighted by Crippen LogP contribution is 2.49. The third-order valence-electron chi connectivity index (χ3n) is 1.67. The second-order valence-electron chi connectivity index (χ2n) is 2.30. The highest BCUT2D eigenvalue weighted by atomic mass is 35.5. The topological polar surface area (TPSA) is 57.5 Å². The summed E-state index contributed by atoms with van der Waals surface area (Å²) in [5, 5.41) is 16.5. The van der Waals surface area contributed by atoms with Crippen molar-refractivity contribution in [2.24, 2.45) is 5.41 Å². The normalized spacial score (nSPS) is 22.2. The molecule has 0 aliphatic heterocycles. The summed E-state index contributed by atoms with van der Waals surface area (Å²) >= 11 is 5.07. The number of carbonyl (C=O) groups excluding carboxylic acids is 1. The van der Waals surface area contributed by atoms with E-state index < -0.39 is 16.9 Å². The Morgan fingerprint density at radius 1 is 1.56 bits per heavy atom. The number of hydrogen-bond donors (Lipinski definition) is 2. The second kappa shape index (κ2) is 1.94. The summed E-state index contributed by atoms with van der Waals surface area (Å²) < 4.78 is 0. The molecule has 0 amide bonds. The van der Waals surface area contributed by atoms with E-state index in [1.54, 1.807) is 0 Å². The molecular formula is C5H7ClO3. The SMILES string of the molecule is O=C(Cl)C1(C(O)O)CC1. The van der Waals surface area contributed by atoms with Gasteiger partial charge in [0, 0.05) is 0 Å². The van der Waals surface area contributed by atoms with Gasteiger partial charge >= 0.3 is 0 Å². The zero-order valence-corrected chi connectivity index (χ0v) is 5.43. The second-order valence-corrected chi connectivity index (χ2v) is 2.65. The van der Waals surface area contributed by atoms with Gasteiger partial charge in [-0.2, -0.15) is 0 Å². The molecule has 1 aliphatic carbocycles. The van der Waals surface area contributed by atoms with Gasteiger partial charge in [0.05, 0.1) is 5.41 Å². The van der Waals surface area contributed by atoms with Crippen molar-refractivity contribution in [1.29, 1.82) is 0 Å². The zero-order valence-electron chi connectivity index (χ0n) is 4.67. The van der Waals surface area contributed by atoms with E-state index in [1.807, 2.05) is 0 Å². The number of halogens is 1. The van der Waals surface area contributed by atoms with Crippen LogP contribution in [-0.2, 0) is 4.79 Å². The summed E-state index contributed by atoms with van der Waals surface area (Å²) in [6.07, 6.45) is -0.595. The van der Waals surface area contributed by atoms with E-state index in [-0.39, 0.29) is 0 Å². The van der Waals surface area contributed by atoms with Gasteiger partial charge in [0.1, 0.15) is 0 Å². The predicted octanol–water partition coefficient (Wildman–Crippen LogP) is -0.157. The Bertz CT molecular complexity index is 139. The third kappa shape index (κ3) is 0.956. The Morgan fingerprint density at radius 2 is 2.00 bits per heavy atom. The molecule has 0 spiro atoms. The van der Waals surface area contributed by atoms with Gasteiger partial charge in [0.15, 0.2) is 6.29 Å². The highest BCUT2D eigenvalue weighted by molar-refractivity contribution is 6.65. The van der Waals surface area contributed by atoms with E-state index in [0.717, 1.165) is 0 Å². The van der Waals surface area contributed by atoms with Gasteiger partial charge in [0.25, 0.3) is 0 Å². The maximum absolute atomic E-state index is 10.4. The molecule has 0 radical (unpaired) electrons. The lowest BCUT2D eigenvalue weighted by Gasteiger charge is -2.10. The van der Waals surface area contributed by atoms with Crippen molar-refractivity contribution in [3.05, 3.63) is 0 Å². The summed E-state index contributed by atoms with van der Waals surface area (Å²) in [6.45, 7) is 0. The predicted molar refractivity (Wildman–Crippen MR) is 30.8 cm³/mol. The molecule has 3 nitrogen and oxygen atoms in total. The Balaban J connectivity index is 2.63. The first kappa shape index (κ1) is 6.99. The lowest BCUT2D eigenvalue weighted by Crippen LogP contribution is -2.26. The van der Waals surface area contributed by atoms with Crippen LogP contribution in [0.5, 0.6) is 0 Å². The number of hydrogen-bond acceptors (Lipinski definition) is 3. The van der Waals surface area contributed by atoms with Crippen molar-refractivity contribution in [2.45, 2.75) is 19.1 Å². The van der Waals surface area contributed by atoms with Crippen molar-refractivity contribution >= 4 is 16.8 Å². The maximum atomic E-state index is 10.4. The van der Waals surface area contributed by atoms with Crippen LogP contribution in [0.3, 0.4) is 0 Å². The van der Waals surface area contributed by atoms with Gasteiger partial charge in [0.2, 0.25) is 5.24 Å². The summed E-state index contributed by atoms with van der Waals surface area (Å²) in [5.74, 6) is 0. The fraction of sp³-hybridized carbons (Fsp3) is 0.800. The molecule has 1 saturated carbocycles. The highest BCUT2D eigenvalue weighted by Gasteiger charge is 2.54. The van der Waals surface area contributed by atoms with Gasteiger partial charge in [-0.1, -0.05) is 0 Å². The first-order valence-corrected chi connectivity index (χ1v) is 3.03. The van der Waals surface area contributed by atoms with Crippen LogP contribution in [0.4, 0.5) is 0 Å². The van der Waals surface area contributed by atoms with Gasteiger partial charge in [-0.25, -0.2) is 0 Å². The van der Waals surface area contributed by atoms with Crippen LogP contribution in [0.25, 0.3) is 0 Å². The fourth-order valence-electron chi connectivity index (χ4n) is 0.691. The van der Waals surface area contributed by atoms with Crippen molar-refractivity contribution in [3.63, 3.8) is 0 Å². The van der Waals surface area contributed by atoms with E-state index in [9.17, 15) is 4.79 Å². The average Bonchev–Trinajstić information content (AvgIpc) is 2.40. The number of rotatable bonds is 2. The Kier molecular flexibility index (Phi) is 1.50. The minimum Gasteiger partial charge on any atom is -0.367 e. The molecule has 2 N–H and O–H groups in total. The minimum absolute atomic E-state index is 0.493. The maximum Gasteiger partial charge on any atom is 0.232 e. The van der Waals surface area contributed by atoms with E-state index in [1.165, 1.54) is 0 Å². The van der Waals surface area contributed by atoms with Gasteiger partial charge in [-0.15, -0.1) is 0 Å². The Labute approximate surface area is 57.2 Å². The largest absolute Gasteiger partial charge is 0.367 e. The van der Waals surface area contributed by atoms with Crippen molar-refractivity contribution in [3.8, 4) is 0 Å². The summed E-state index contributed by atoms with van der Waals surface area (Å²) in [7, 11) is 0. The summed E-state index contributed by atoms with van der Waals surface area (Å²) in [6, 6.07) is 0. The van der Waals surface area contributed by atoms with Crippen molar-refractivity contribution in [2.75, 3.05) is 0 Å². The third-order valence-corrected chi connectivity index (χ3v) is 2.05. The molecule has 0 aromatic rings. The minimum atomic E-state index is -1.58. The molecule has 1 fully saturated rings. The zero-order chi connectivity index (χ0) is 7.07.